The molecule has 126 valence electrons. The fourth-order valence-corrected chi connectivity index (χ4v) is 2.18. The summed E-state index contributed by atoms with van der Waals surface area (Å²) in [4.78, 5) is 12.2. The lowest BCUT2D eigenvalue weighted by Crippen LogP contribution is -2.13. The molecule has 0 unspecified atom stereocenters. The van der Waals surface area contributed by atoms with Crippen molar-refractivity contribution in [1.82, 2.24) is 4.90 Å². The Hall–Kier alpha value is -2.80. The minimum absolute atomic E-state index is 0.0155. The Morgan fingerprint density at radius 3 is 2.33 bits per heavy atom. The third-order valence-corrected chi connectivity index (χ3v) is 3.46. The number of nitrogens with zero attached hydrogens (tertiary/aromatic N) is 4. The summed E-state index contributed by atoms with van der Waals surface area (Å²) in [6.45, 7) is 0.938. The highest BCUT2D eigenvalue weighted by atomic mass is 16.6. The van der Waals surface area contributed by atoms with Crippen molar-refractivity contribution in [1.29, 1.82) is 0 Å². The molecule has 2 rings (SSSR count). The van der Waals surface area contributed by atoms with Gasteiger partial charge in [0.05, 0.1) is 16.3 Å². The van der Waals surface area contributed by atoms with Gasteiger partial charge in [-0.15, -0.1) is 0 Å². The van der Waals surface area contributed by atoms with E-state index < -0.39 is 4.92 Å². The Labute approximate surface area is 140 Å². The number of phenolic OH excluding ortho intramolecular Hbond substituents is 1. The predicted octanol–water partition coefficient (Wildman–Crippen LogP) is 4.21. The highest BCUT2D eigenvalue weighted by Gasteiger charge is 2.05. The largest absolute Gasteiger partial charge is 0.508 e. The molecular formula is C17H20N4O3. The quantitative estimate of drug-likeness (QED) is 0.468. The zero-order chi connectivity index (χ0) is 17.5. The van der Waals surface area contributed by atoms with E-state index in [-0.39, 0.29) is 11.4 Å². The first kappa shape index (κ1) is 17.6. The maximum atomic E-state index is 10.6. The van der Waals surface area contributed by atoms with Crippen molar-refractivity contribution in [3.63, 3.8) is 0 Å². The van der Waals surface area contributed by atoms with Crippen molar-refractivity contribution in [2.75, 3.05) is 20.6 Å². The number of hydrogen-bond acceptors (Lipinski definition) is 6. The lowest BCUT2D eigenvalue weighted by atomic mass is 10.1. The van der Waals surface area contributed by atoms with Crippen LogP contribution in [0.25, 0.3) is 0 Å². The second-order valence-electron chi connectivity index (χ2n) is 5.69. The first-order valence-corrected chi connectivity index (χ1v) is 7.58. The molecular weight excluding hydrogens is 308 g/mol. The smallest absolute Gasteiger partial charge is 0.269 e. The predicted molar refractivity (Wildman–Crippen MR) is 92.3 cm³/mol. The molecule has 0 amide bonds. The van der Waals surface area contributed by atoms with E-state index in [9.17, 15) is 15.2 Å². The molecule has 0 aliphatic rings. The normalized spacial score (nSPS) is 11.3. The summed E-state index contributed by atoms with van der Waals surface area (Å²) in [6, 6.07) is 10.9. The maximum absolute atomic E-state index is 10.6. The van der Waals surface area contributed by atoms with E-state index in [1.54, 1.807) is 30.3 Å². The lowest BCUT2D eigenvalue weighted by Gasteiger charge is -2.10. The Balaban J connectivity index is 2.07. The van der Waals surface area contributed by atoms with Crippen molar-refractivity contribution >= 4 is 17.1 Å². The van der Waals surface area contributed by atoms with Crippen LogP contribution in [0.15, 0.2) is 52.7 Å². The molecule has 0 spiro atoms. The van der Waals surface area contributed by atoms with Gasteiger partial charge < -0.3 is 10.0 Å². The minimum atomic E-state index is -0.457. The number of benzene rings is 2. The van der Waals surface area contributed by atoms with Crippen molar-refractivity contribution in [3.05, 3.63) is 58.1 Å². The summed E-state index contributed by atoms with van der Waals surface area (Å²) >= 11 is 0. The number of azo groups is 1. The number of non-ortho nitro benzene ring substituents is 1. The molecule has 1 N–H and O–H groups in total. The zero-order valence-electron chi connectivity index (χ0n) is 13.7. The SMILES string of the molecule is CN(C)CCCc1cc(N=Nc2ccc([N+](=O)[O-])cc2)ccc1O. The number of nitro benzene ring substituents is 1. The summed E-state index contributed by atoms with van der Waals surface area (Å²) in [5.74, 6) is 0.253. The van der Waals surface area contributed by atoms with Crippen molar-refractivity contribution in [2.24, 2.45) is 10.2 Å². The molecule has 0 aromatic heterocycles. The Morgan fingerprint density at radius 2 is 1.71 bits per heavy atom. The molecule has 2 aromatic carbocycles. The van der Waals surface area contributed by atoms with Crippen molar-refractivity contribution in [3.8, 4) is 5.75 Å². The fourth-order valence-electron chi connectivity index (χ4n) is 2.18. The van der Waals surface area contributed by atoms with Gasteiger partial charge in [-0.05, 0) is 69.4 Å². The van der Waals surface area contributed by atoms with E-state index in [0.717, 1.165) is 24.9 Å². The number of hydrogen-bond donors (Lipinski definition) is 1. The standard InChI is InChI=1S/C17H20N4O3/c1-20(2)11-3-4-13-12-15(7-10-17(13)22)19-18-14-5-8-16(9-6-14)21(23)24/h5-10,12,22H,3-4,11H2,1-2H3. The van der Waals surface area contributed by atoms with Crippen LogP contribution >= 0.6 is 0 Å². The van der Waals surface area contributed by atoms with Gasteiger partial charge in [-0.2, -0.15) is 10.2 Å². The number of nitro groups is 1. The number of aryl methyl sites for hydroxylation is 1. The molecule has 2 aromatic rings. The Bertz CT molecular complexity index is 727. The molecule has 24 heavy (non-hydrogen) atoms. The van der Waals surface area contributed by atoms with Gasteiger partial charge >= 0.3 is 0 Å². The van der Waals surface area contributed by atoms with Gasteiger partial charge in [0, 0.05) is 12.1 Å². The topological polar surface area (TPSA) is 91.3 Å². The summed E-state index contributed by atoms with van der Waals surface area (Å²) in [5.41, 5.74) is 2.01. The molecule has 0 saturated heterocycles. The van der Waals surface area contributed by atoms with Crippen LogP contribution in [-0.4, -0.2) is 35.6 Å². The van der Waals surface area contributed by atoms with Gasteiger partial charge in [0.25, 0.3) is 5.69 Å². The summed E-state index contributed by atoms with van der Waals surface area (Å²) < 4.78 is 0. The highest BCUT2D eigenvalue weighted by Crippen LogP contribution is 2.26. The van der Waals surface area contributed by atoms with Crippen LogP contribution in [0.5, 0.6) is 5.75 Å². The van der Waals surface area contributed by atoms with Crippen LogP contribution < -0.4 is 0 Å². The average molecular weight is 328 g/mol. The van der Waals surface area contributed by atoms with Crippen molar-refractivity contribution < 1.29 is 10.0 Å². The average Bonchev–Trinajstić information content (AvgIpc) is 2.55. The van der Waals surface area contributed by atoms with E-state index in [1.165, 1.54) is 12.1 Å². The second kappa shape index (κ2) is 8.16. The molecule has 0 aliphatic carbocycles. The van der Waals surface area contributed by atoms with Gasteiger partial charge in [-0.25, -0.2) is 0 Å². The summed E-state index contributed by atoms with van der Waals surface area (Å²) in [7, 11) is 4.02. The molecule has 0 aliphatic heterocycles. The van der Waals surface area contributed by atoms with E-state index in [4.69, 9.17) is 0 Å². The van der Waals surface area contributed by atoms with Gasteiger partial charge in [0.1, 0.15) is 5.75 Å². The van der Waals surface area contributed by atoms with Gasteiger partial charge in [-0.3, -0.25) is 10.1 Å². The third kappa shape index (κ3) is 5.13. The van der Waals surface area contributed by atoms with Crippen LogP contribution in [0.2, 0.25) is 0 Å². The van der Waals surface area contributed by atoms with Crippen molar-refractivity contribution in [2.45, 2.75) is 12.8 Å². The first-order valence-electron chi connectivity index (χ1n) is 7.58. The summed E-state index contributed by atoms with van der Waals surface area (Å²) in [6.07, 6.45) is 1.69. The second-order valence-corrected chi connectivity index (χ2v) is 5.69. The fraction of sp³-hybridized carbons (Fsp3) is 0.294. The van der Waals surface area contributed by atoms with E-state index in [2.05, 4.69) is 15.1 Å². The monoisotopic (exact) mass is 328 g/mol. The Morgan fingerprint density at radius 1 is 1.08 bits per heavy atom. The molecule has 0 saturated carbocycles. The zero-order valence-corrected chi connectivity index (χ0v) is 13.7. The molecule has 0 radical (unpaired) electrons. The van der Waals surface area contributed by atoms with Crippen LogP contribution in [0.1, 0.15) is 12.0 Å². The molecule has 0 bridgehead atoms. The van der Waals surface area contributed by atoms with Crippen LogP contribution in [0.4, 0.5) is 17.1 Å². The van der Waals surface area contributed by atoms with Gasteiger partial charge in [-0.1, -0.05) is 0 Å². The molecule has 7 heteroatoms. The Kier molecular flexibility index (Phi) is 5.97. The molecule has 0 heterocycles. The van der Waals surface area contributed by atoms with Crippen LogP contribution in [0.3, 0.4) is 0 Å². The van der Waals surface area contributed by atoms with Crippen LogP contribution in [-0.2, 0) is 6.42 Å². The number of phenols is 1. The third-order valence-electron chi connectivity index (χ3n) is 3.46. The lowest BCUT2D eigenvalue weighted by molar-refractivity contribution is -0.384. The number of rotatable bonds is 7. The highest BCUT2D eigenvalue weighted by molar-refractivity contribution is 5.48. The summed E-state index contributed by atoms with van der Waals surface area (Å²) in [5, 5.41) is 28.7. The first-order chi connectivity index (χ1) is 11.5. The minimum Gasteiger partial charge on any atom is -0.508 e. The van der Waals surface area contributed by atoms with E-state index in [0.29, 0.717) is 11.4 Å². The molecule has 0 atom stereocenters. The molecule has 0 fully saturated rings. The molecule has 7 nitrogen and oxygen atoms in total. The number of aromatic hydroxyl groups is 1. The van der Waals surface area contributed by atoms with E-state index in [1.807, 2.05) is 14.1 Å². The maximum Gasteiger partial charge on any atom is 0.269 e. The van der Waals surface area contributed by atoms with E-state index >= 15 is 0 Å². The van der Waals surface area contributed by atoms with Gasteiger partial charge in [0.2, 0.25) is 0 Å². The van der Waals surface area contributed by atoms with Gasteiger partial charge in [0.15, 0.2) is 0 Å². The van der Waals surface area contributed by atoms with Crippen LogP contribution in [0, 0.1) is 10.1 Å².